The van der Waals surface area contributed by atoms with E-state index >= 15 is 0 Å². The summed E-state index contributed by atoms with van der Waals surface area (Å²) in [4.78, 5) is 27.0. The molecule has 1 spiro atoms. The Bertz CT molecular complexity index is 671. The van der Waals surface area contributed by atoms with Gasteiger partial charge >= 0.3 is 0 Å². The molecule has 1 aromatic carbocycles. The number of halogens is 1. The molecule has 24 heavy (non-hydrogen) atoms. The Hall–Kier alpha value is -1.91. The number of hydrogen-bond donors (Lipinski definition) is 1. The number of hydrogen-bond acceptors (Lipinski definition) is 2. The van der Waals surface area contributed by atoms with Crippen molar-refractivity contribution in [2.75, 3.05) is 18.4 Å². The average molecular weight is 330 g/mol. The summed E-state index contributed by atoms with van der Waals surface area (Å²) in [7, 11) is 0. The van der Waals surface area contributed by atoms with Crippen LogP contribution in [0.3, 0.4) is 0 Å². The van der Waals surface area contributed by atoms with Crippen LogP contribution >= 0.6 is 0 Å². The maximum Gasteiger partial charge on any atom is 0.228 e. The van der Waals surface area contributed by atoms with Gasteiger partial charge in [0.05, 0.1) is 0 Å². The number of amides is 2. The Morgan fingerprint density at radius 3 is 2.79 bits per heavy atom. The van der Waals surface area contributed by atoms with Crippen molar-refractivity contribution in [3.63, 3.8) is 0 Å². The van der Waals surface area contributed by atoms with Crippen molar-refractivity contribution in [1.82, 2.24) is 4.90 Å². The van der Waals surface area contributed by atoms with Crippen molar-refractivity contribution in [3.8, 4) is 0 Å². The van der Waals surface area contributed by atoms with Crippen LogP contribution in [0, 0.1) is 23.1 Å². The zero-order valence-corrected chi connectivity index (χ0v) is 13.8. The van der Waals surface area contributed by atoms with Gasteiger partial charge in [0.15, 0.2) is 0 Å². The monoisotopic (exact) mass is 330 g/mol. The zero-order chi connectivity index (χ0) is 16.7. The molecule has 0 aromatic heterocycles. The van der Waals surface area contributed by atoms with Crippen LogP contribution in [0.2, 0.25) is 0 Å². The summed E-state index contributed by atoms with van der Waals surface area (Å²) >= 11 is 0. The Morgan fingerprint density at radius 1 is 1.25 bits per heavy atom. The van der Waals surface area contributed by atoms with E-state index in [9.17, 15) is 14.0 Å². The molecule has 2 saturated carbocycles. The maximum atomic E-state index is 13.2. The molecule has 2 atom stereocenters. The molecule has 4 rings (SSSR count). The lowest BCUT2D eigenvalue weighted by Gasteiger charge is -2.20. The molecule has 0 bridgehead atoms. The minimum atomic E-state index is -0.354. The number of rotatable bonds is 3. The van der Waals surface area contributed by atoms with E-state index in [4.69, 9.17) is 0 Å². The first-order chi connectivity index (χ1) is 11.6. The molecule has 3 aliphatic rings. The third-order valence-electron chi connectivity index (χ3n) is 6.00. The van der Waals surface area contributed by atoms with Crippen LogP contribution in [0.4, 0.5) is 10.1 Å². The topological polar surface area (TPSA) is 49.4 Å². The number of carbonyl (C=O) groups is 2. The van der Waals surface area contributed by atoms with Crippen LogP contribution in [-0.2, 0) is 9.59 Å². The van der Waals surface area contributed by atoms with Crippen LogP contribution in [0.15, 0.2) is 24.3 Å². The molecule has 1 aromatic rings. The second-order valence-electron chi connectivity index (χ2n) is 7.61. The van der Waals surface area contributed by atoms with Crippen LogP contribution in [0.25, 0.3) is 0 Å². The van der Waals surface area contributed by atoms with E-state index in [0.717, 1.165) is 45.1 Å². The fourth-order valence-electron chi connectivity index (χ4n) is 4.48. The highest BCUT2D eigenvalue weighted by atomic mass is 19.1. The summed E-state index contributed by atoms with van der Waals surface area (Å²) in [6, 6.07) is 5.97. The quantitative estimate of drug-likeness (QED) is 0.925. The van der Waals surface area contributed by atoms with Crippen molar-refractivity contribution >= 4 is 17.5 Å². The minimum absolute atomic E-state index is 0.0360. The van der Waals surface area contributed by atoms with E-state index in [1.165, 1.54) is 12.1 Å². The fourth-order valence-corrected chi connectivity index (χ4v) is 4.48. The molecule has 1 aliphatic heterocycles. The van der Waals surface area contributed by atoms with Gasteiger partial charge in [-0.25, -0.2) is 4.39 Å². The highest BCUT2D eigenvalue weighted by Gasteiger charge is 2.61. The number of anilines is 1. The Morgan fingerprint density at radius 2 is 2.04 bits per heavy atom. The van der Waals surface area contributed by atoms with Gasteiger partial charge < -0.3 is 10.2 Å². The molecule has 128 valence electrons. The average Bonchev–Trinajstić information content (AvgIpc) is 2.93. The van der Waals surface area contributed by atoms with Gasteiger partial charge in [0.2, 0.25) is 11.8 Å². The first kappa shape index (κ1) is 15.6. The van der Waals surface area contributed by atoms with Crippen molar-refractivity contribution in [2.24, 2.45) is 17.3 Å². The van der Waals surface area contributed by atoms with Crippen LogP contribution in [-0.4, -0.2) is 29.8 Å². The van der Waals surface area contributed by atoms with Gasteiger partial charge in [-0.3, -0.25) is 9.59 Å². The van der Waals surface area contributed by atoms with Gasteiger partial charge in [0.25, 0.3) is 0 Å². The van der Waals surface area contributed by atoms with E-state index in [0.29, 0.717) is 18.1 Å². The fraction of sp³-hybridized carbons (Fsp3) is 0.579. The summed E-state index contributed by atoms with van der Waals surface area (Å²) in [5.74, 6) is 0.0458. The van der Waals surface area contributed by atoms with Crippen molar-refractivity contribution in [3.05, 3.63) is 30.1 Å². The third-order valence-corrected chi connectivity index (χ3v) is 6.00. The predicted molar refractivity (Wildman–Crippen MR) is 88.7 cm³/mol. The normalized spacial score (nSPS) is 29.2. The van der Waals surface area contributed by atoms with Crippen molar-refractivity contribution in [2.45, 2.75) is 38.5 Å². The van der Waals surface area contributed by atoms with E-state index in [1.807, 2.05) is 4.90 Å². The zero-order valence-electron chi connectivity index (χ0n) is 13.8. The third kappa shape index (κ3) is 2.80. The summed E-state index contributed by atoms with van der Waals surface area (Å²) in [5.41, 5.74) is 0.463. The Labute approximate surface area is 141 Å². The van der Waals surface area contributed by atoms with Crippen LogP contribution < -0.4 is 5.32 Å². The van der Waals surface area contributed by atoms with E-state index in [1.54, 1.807) is 12.1 Å². The molecular formula is C19H23FN2O2. The van der Waals surface area contributed by atoms with Gasteiger partial charge in [-0.1, -0.05) is 18.9 Å². The highest BCUT2D eigenvalue weighted by Crippen LogP contribution is 2.59. The molecule has 1 saturated heterocycles. The summed E-state index contributed by atoms with van der Waals surface area (Å²) < 4.78 is 13.2. The van der Waals surface area contributed by atoms with Crippen molar-refractivity contribution < 1.29 is 14.0 Å². The molecule has 1 heterocycles. The lowest BCUT2D eigenvalue weighted by molar-refractivity contribution is -0.134. The maximum absolute atomic E-state index is 13.2. The van der Waals surface area contributed by atoms with E-state index < -0.39 is 0 Å². The number of nitrogens with one attached hydrogen (secondary N) is 1. The molecular weight excluding hydrogens is 307 g/mol. The Kier molecular flexibility index (Phi) is 3.82. The number of nitrogens with zero attached hydrogens (tertiary/aromatic N) is 1. The SMILES string of the molecule is O=C(Nc1cccc(F)c1)C1CC12CCN(C(=O)C1CCCC1)C2. The summed E-state index contributed by atoms with van der Waals surface area (Å²) in [5, 5.41) is 2.81. The standard InChI is InChI=1S/C19H23FN2O2/c20-14-6-3-7-15(10-14)21-17(23)16-11-19(16)8-9-22(12-19)18(24)13-4-1-2-5-13/h3,6-7,10,13,16H,1-2,4-5,8-9,11-12H2,(H,21,23). The van der Waals surface area contributed by atoms with Crippen LogP contribution in [0.5, 0.6) is 0 Å². The van der Waals surface area contributed by atoms with Gasteiger partial charge in [0.1, 0.15) is 5.82 Å². The molecule has 5 heteroatoms. The van der Waals surface area contributed by atoms with Gasteiger partial charge in [-0.05, 0) is 43.9 Å². The largest absolute Gasteiger partial charge is 0.342 e. The second-order valence-corrected chi connectivity index (χ2v) is 7.61. The number of carbonyl (C=O) groups excluding carboxylic acids is 2. The summed E-state index contributed by atoms with van der Waals surface area (Å²) in [6.07, 6.45) is 6.11. The number of benzene rings is 1. The van der Waals surface area contributed by atoms with E-state index in [2.05, 4.69) is 5.32 Å². The summed E-state index contributed by atoms with van der Waals surface area (Å²) in [6.45, 7) is 1.49. The number of likely N-dealkylation sites (tertiary alicyclic amines) is 1. The first-order valence-electron chi connectivity index (χ1n) is 8.93. The van der Waals surface area contributed by atoms with Gasteiger partial charge in [-0.2, -0.15) is 0 Å². The lowest BCUT2D eigenvalue weighted by atomic mass is 10.0. The smallest absolute Gasteiger partial charge is 0.228 e. The van der Waals surface area contributed by atoms with Crippen molar-refractivity contribution in [1.29, 1.82) is 0 Å². The molecule has 4 nitrogen and oxygen atoms in total. The molecule has 2 unspecified atom stereocenters. The van der Waals surface area contributed by atoms with Gasteiger partial charge in [-0.15, -0.1) is 0 Å². The molecule has 2 aliphatic carbocycles. The van der Waals surface area contributed by atoms with Crippen LogP contribution in [0.1, 0.15) is 38.5 Å². The Balaban J connectivity index is 1.35. The molecule has 1 N–H and O–H groups in total. The molecule has 3 fully saturated rings. The predicted octanol–water partition coefficient (Wildman–Crippen LogP) is 3.19. The molecule has 2 amide bonds. The van der Waals surface area contributed by atoms with Gasteiger partial charge in [0, 0.05) is 36.0 Å². The van der Waals surface area contributed by atoms with E-state index in [-0.39, 0.29) is 29.0 Å². The first-order valence-corrected chi connectivity index (χ1v) is 8.93. The molecule has 0 radical (unpaired) electrons. The second kappa shape index (κ2) is 5.87. The lowest BCUT2D eigenvalue weighted by Crippen LogP contribution is -2.34. The minimum Gasteiger partial charge on any atom is -0.342 e. The highest BCUT2D eigenvalue weighted by molar-refractivity contribution is 5.95.